The molecule has 0 aliphatic carbocycles. The van der Waals surface area contributed by atoms with Crippen molar-refractivity contribution in [2.75, 3.05) is 39.7 Å². The minimum Gasteiger partial charge on any atom is -0.495 e. The molecule has 0 aliphatic heterocycles. The Balaban J connectivity index is 2.94. The number of carbonyl (C=O) groups excluding carboxylic acids is 2. The largest absolute Gasteiger partial charge is 0.495 e. The van der Waals surface area contributed by atoms with Crippen molar-refractivity contribution in [2.45, 2.75) is 6.92 Å². The molecule has 6 nitrogen and oxygen atoms in total. The summed E-state index contributed by atoms with van der Waals surface area (Å²) in [6, 6.07) is 4.76. The molecule has 0 aromatic heterocycles. The van der Waals surface area contributed by atoms with E-state index in [0.29, 0.717) is 23.6 Å². The van der Waals surface area contributed by atoms with Crippen molar-refractivity contribution in [1.29, 1.82) is 0 Å². The second-order valence-electron chi connectivity index (χ2n) is 4.42. The number of amides is 1. The molecule has 0 heterocycles. The molecule has 6 heteroatoms. The van der Waals surface area contributed by atoms with Crippen LogP contribution in [0.5, 0.6) is 5.75 Å². The number of esters is 1. The van der Waals surface area contributed by atoms with E-state index in [9.17, 15) is 9.59 Å². The summed E-state index contributed by atoms with van der Waals surface area (Å²) in [7, 11) is 5.10. The summed E-state index contributed by atoms with van der Waals surface area (Å²) in [6.45, 7) is 2.28. The van der Waals surface area contributed by atoms with E-state index in [0.717, 1.165) is 0 Å². The summed E-state index contributed by atoms with van der Waals surface area (Å²) in [5, 5.41) is 2.72. The monoisotopic (exact) mass is 280 g/mol. The number of methoxy groups -OCH3 is 1. The number of carbonyl (C=O) groups is 2. The van der Waals surface area contributed by atoms with Gasteiger partial charge in [0.15, 0.2) is 0 Å². The number of ether oxygens (including phenoxy) is 2. The average molecular weight is 280 g/mol. The van der Waals surface area contributed by atoms with Crippen LogP contribution in [0.25, 0.3) is 0 Å². The SMILES string of the molecule is CCOC(=O)c1ccc(OC)c(NC(=O)CN(C)C)c1. The maximum absolute atomic E-state index is 11.8. The minimum atomic E-state index is -0.432. The van der Waals surface area contributed by atoms with E-state index in [-0.39, 0.29) is 12.5 Å². The Bertz CT molecular complexity index is 486. The van der Waals surface area contributed by atoms with Crippen LogP contribution in [0.15, 0.2) is 18.2 Å². The normalized spacial score (nSPS) is 10.2. The third kappa shape index (κ3) is 4.55. The van der Waals surface area contributed by atoms with Gasteiger partial charge in [0.2, 0.25) is 5.91 Å². The minimum absolute atomic E-state index is 0.186. The molecule has 0 aliphatic rings. The number of benzene rings is 1. The summed E-state index contributed by atoms with van der Waals surface area (Å²) in [5.74, 6) is -0.127. The third-order valence-corrected chi connectivity index (χ3v) is 2.44. The molecule has 0 spiro atoms. The zero-order chi connectivity index (χ0) is 15.1. The Morgan fingerprint density at radius 2 is 2.00 bits per heavy atom. The van der Waals surface area contributed by atoms with E-state index in [1.807, 2.05) is 0 Å². The molecule has 20 heavy (non-hydrogen) atoms. The van der Waals surface area contributed by atoms with Crippen LogP contribution >= 0.6 is 0 Å². The third-order valence-electron chi connectivity index (χ3n) is 2.44. The van der Waals surface area contributed by atoms with Crippen LogP contribution in [0, 0.1) is 0 Å². The van der Waals surface area contributed by atoms with Crippen molar-refractivity contribution in [2.24, 2.45) is 0 Å². The van der Waals surface area contributed by atoms with E-state index >= 15 is 0 Å². The van der Waals surface area contributed by atoms with Gasteiger partial charge in [-0.2, -0.15) is 0 Å². The van der Waals surface area contributed by atoms with Gasteiger partial charge < -0.3 is 19.7 Å². The zero-order valence-electron chi connectivity index (χ0n) is 12.2. The van der Waals surface area contributed by atoms with Crippen molar-refractivity contribution in [3.63, 3.8) is 0 Å². The van der Waals surface area contributed by atoms with Crippen LogP contribution in [0.3, 0.4) is 0 Å². The Morgan fingerprint density at radius 3 is 2.55 bits per heavy atom. The van der Waals surface area contributed by atoms with Gasteiger partial charge in [-0.05, 0) is 39.2 Å². The Kier molecular flexibility index (Phi) is 5.99. The second kappa shape index (κ2) is 7.49. The molecule has 1 rings (SSSR count). The number of hydrogen-bond acceptors (Lipinski definition) is 5. The maximum Gasteiger partial charge on any atom is 0.338 e. The lowest BCUT2D eigenvalue weighted by atomic mass is 10.2. The zero-order valence-corrected chi connectivity index (χ0v) is 12.2. The van der Waals surface area contributed by atoms with Crippen molar-refractivity contribution in [3.05, 3.63) is 23.8 Å². The quantitative estimate of drug-likeness (QED) is 0.797. The van der Waals surface area contributed by atoms with Crippen molar-refractivity contribution >= 4 is 17.6 Å². The summed E-state index contributed by atoms with van der Waals surface area (Å²) < 4.78 is 10.1. The summed E-state index contributed by atoms with van der Waals surface area (Å²) in [6.07, 6.45) is 0. The van der Waals surface area contributed by atoms with Crippen LogP contribution in [-0.2, 0) is 9.53 Å². The van der Waals surface area contributed by atoms with Gasteiger partial charge >= 0.3 is 5.97 Å². The van der Waals surface area contributed by atoms with Gasteiger partial charge in [0.25, 0.3) is 0 Å². The van der Waals surface area contributed by atoms with E-state index in [4.69, 9.17) is 9.47 Å². The summed E-state index contributed by atoms with van der Waals surface area (Å²) in [4.78, 5) is 25.2. The first-order valence-electron chi connectivity index (χ1n) is 6.27. The highest BCUT2D eigenvalue weighted by molar-refractivity contribution is 5.96. The van der Waals surface area contributed by atoms with Crippen molar-refractivity contribution in [1.82, 2.24) is 4.90 Å². The molecule has 1 amide bonds. The predicted molar refractivity (Wildman–Crippen MR) is 76.1 cm³/mol. The van der Waals surface area contributed by atoms with Crippen molar-refractivity contribution in [3.8, 4) is 5.75 Å². The number of hydrogen-bond donors (Lipinski definition) is 1. The molecule has 1 aromatic rings. The molecule has 0 radical (unpaired) electrons. The molecule has 0 fully saturated rings. The fourth-order valence-corrected chi connectivity index (χ4v) is 1.62. The van der Waals surface area contributed by atoms with Gasteiger partial charge in [0.05, 0.1) is 31.5 Å². The lowest BCUT2D eigenvalue weighted by molar-refractivity contribution is -0.116. The van der Waals surface area contributed by atoms with Gasteiger partial charge in [0, 0.05) is 0 Å². The Labute approximate surface area is 118 Å². The molecular formula is C14H20N2O4. The lowest BCUT2D eigenvalue weighted by Crippen LogP contribution is -2.27. The van der Waals surface area contributed by atoms with Gasteiger partial charge in [-0.3, -0.25) is 4.79 Å². The Morgan fingerprint density at radius 1 is 1.30 bits per heavy atom. The molecule has 110 valence electrons. The molecule has 0 unspecified atom stereocenters. The standard InChI is InChI=1S/C14H20N2O4/c1-5-20-14(18)10-6-7-12(19-4)11(8-10)15-13(17)9-16(2)3/h6-8H,5,9H2,1-4H3,(H,15,17). The summed E-state index contributed by atoms with van der Waals surface area (Å²) >= 11 is 0. The molecule has 0 atom stereocenters. The van der Waals surface area contributed by atoms with E-state index in [2.05, 4.69) is 5.32 Å². The molecule has 0 saturated heterocycles. The van der Waals surface area contributed by atoms with Gasteiger partial charge in [-0.1, -0.05) is 0 Å². The maximum atomic E-state index is 11.8. The first-order valence-corrected chi connectivity index (χ1v) is 6.27. The summed E-state index contributed by atoms with van der Waals surface area (Å²) in [5.41, 5.74) is 0.817. The van der Waals surface area contributed by atoms with Crippen molar-refractivity contribution < 1.29 is 19.1 Å². The smallest absolute Gasteiger partial charge is 0.338 e. The highest BCUT2D eigenvalue weighted by Crippen LogP contribution is 2.25. The average Bonchev–Trinajstić information content (AvgIpc) is 2.37. The predicted octanol–water partition coefficient (Wildman–Crippen LogP) is 1.37. The van der Waals surface area contributed by atoms with Gasteiger partial charge in [0.1, 0.15) is 5.75 Å². The highest BCUT2D eigenvalue weighted by Gasteiger charge is 2.13. The van der Waals surface area contributed by atoms with Crippen LogP contribution in [-0.4, -0.2) is 51.1 Å². The molecule has 0 saturated carbocycles. The number of likely N-dealkylation sites (N-methyl/N-ethyl adjacent to an activating group) is 1. The van der Waals surface area contributed by atoms with Gasteiger partial charge in [-0.25, -0.2) is 4.79 Å². The van der Waals surface area contributed by atoms with E-state index in [1.54, 1.807) is 44.1 Å². The number of rotatable bonds is 6. The van der Waals surface area contributed by atoms with Crippen LogP contribution < -0.4 is 10.1 Å². The van der Waals surface area contributed by atoms with E-state index in [1.165, 1.54) is 7.11 Å². The fraction of sp³-hybridized carbons (Fsp3) is 0.429. The number of anilines is 1. The first kappa shape index (κ1) is 16.0. The first-order chi connectivity index (χ1) is 9.47. The second-order valence-corrected chi connectivity index (χ2v) is 4.42. The van der Waals surface area contributed by atoms with Gasteiger partial charge in [-0.15, -0.1) is 0 Å². The van der Waals surface area contributed by atoms with E-state index < -0.39 is 5.97 Å². The molecular weight excluding hydrogens is 260 g/mol. The number of nitrogens with one attached hydrogen (secondary N) is 1. The Hall–Kier alpha value is -2.08. The lowest BCUT2D eigenvalue weighted by Gasteiger charge is -2.13. The molecule has 1 aromatic carbocycles. The topological polar surface area (TPSA) is 67.9 Å². The highest BCUT2D eigenvalue weighted by atomic mass is 16.5. The van der Waals surface area contributed by atoms with Crippen LogP contribution in [0.4, 0.5) is 5.69 Å². The number of nitrogens with zero attached hydrogens (tertiary/aromatic N) is 1. The van der Waals surface area contributed by atoms with Crippen LogP contribution in [0.2, 0.25) is 0 Å². The molecule has 0 bridgehead atoms. The van der Waals surface area contributed by atoms with Crippen LogP contribution in [0.1, 0.15) is 17.3 Å². The molecule has 1 N–H and O–H groups in total. The fourth-order valence-electron chi connectivity index (χ4n) is 1.62.